The predicted molar refractivity (Wildman–Crippen MR) is 62.2 cm³/mol. The zero-order chi connectivity index (χ0) is 16.3. The van der Waals surface area contributed by atoms with Gasteiger partial charge in [-0.25, -0.2) is 14.4 Å². The van der Waals surface area contributed by atoms with Gasteiger partial charge in [0.25, 0.3) is 0 Å². The van der Waals surface area contributed by atoms with Crippen LogP contribution in [0.3, 0.4) is 0 Å². The molecule has 0 aromatic carbocycles. The van der Waals surface area contributed by atoms with E-state index in [1.807, 2.05) is 0 Å². The molecule has 0 fully saturated rings. The molecule has 0 bridgehead atoms. The molecule has 19 heavy (non-hydrogen) atoms. The fraction of sp³-hybridized carbons (Fsp3) is 0.333. The van der Waals surface area contributed by atoms with Crippen molar-refractivity contribution in [3.05, 3.63) is 0 Å². The molecule has 1 amide bonds. The Morgan fingerprint density at radius 3 is 1.37 bits per heavy atom. The van der Waals surface area contributed by atoms with Gasteiger partial charge in [-0.2, -0.15) is 0 Å². The standard InChI is InChI=1S/C2H5O5P.CH4NO5P.2ClH.Pt.2H/c3-2(4)1-8(5,6)7;3-1(4)2-8(5,6)7;;;;;/h1H2,(H,3,4)(H2,5,6,7);(H,3,4)(H3,2,5,6,7);2*1H;;;/q;;;;+2;;/p-2. The number of hydrogen-bond donors (Lipinski definition) is 7. The molecule has 0 heterocycles. The van der Waals surface area contributed by atoms with E-state index in [1.54, 1.807) is 0 Å². The quantitative estimate of drug-likeness (QED) is 0.224. The van der Waals surface area contributed by atoms with Crippen LogP contribution in [0.2, 0.25) is 0 Å². The molecule has 11 nitrogen and oxygen atoms in total. The third-order valence-electron chi connectivity index (χ3n) is 0.583. The van der Waals surface area contributed by atoms with Gasteiger partial charge in [-0.1, -0.05) is 0 Å². The van der Waals surface area contributed by atoms with Crippen LogP contribution < -0.4 is 5.09 Å². The van der Waals surface area contributed by atoms with Gasteiger partial charge in [0.05, 0.1) is 0 Å². The number of carboxylic acids is 1. The molecule has 0 atom stereocenters. The third kappa shape index (κ3) is 45.8. The molecule has 7 N–H and O–H groups in total. The molecule has 16 heteroatoms. The van der Waals surface area contributed by atoms with E-state index in [0.29, 0.717) is 0 Å². The Labute approximate surface area is 122 Å². The molecule has 122 valence electrons. The summed E-state index contributed by atoms with van der Waals surface area (Å²) in [4.78, 5) is 50.4. The van der Waals surface area contributed by atoms with E-state index >= 15 is 0 Å². The summed E-state index contributed by atoms with van der Waals surface area (Å²) in [5.74, 6) is -1.49. The molecular formula is C3H11Cl2NO10P2Pt. The number of carboxylic acid groups (broad SMARTS) is 2. The fourth-order valence-corrected chi connectivity index (χ4v) is 0.902. The molecule has 0 unspecified atom stereocenters. The maximum atomic E-state index is 9.76. The Morgan fingerprint density at radius 1 is 1.05 bits per heavy atom. The number of amides is 1. The molecule has 0 aliphatic rings. The minimum atomic E-state index is -4.57. The zero-order valence-electron chi connectivity index (χ0n) is 8.53. The van der Waals surface area contributed by atoms with Crippen molar-refractivity contribution in [3.63, 3.8) is 0 Å². The molecule has 0 radical (unpaired) electrons. The van der Waals surface area contributed by atoms with Crippen molar-refractivity contribution >= 4 is 46.2 Å². The fourth-order valence-electron chi connectivity index (χ4n) is 0.301. The predicted octanol–water partition coefficient (Wildman–Crippen LogP) is -0.563. The van der Waals surface area contributed by atoms with Gasteiger partial charge in [-0.3, -0.25) is 9.36 Å². The second-order valence-electron chi connectivity index (χ2n) is 2.23. The average molecular weight is 549 g/mol. The van der Waals surface area contributed by atoms with Crippen molar-refractivity contribution in [2.45, 2.75) is 0 Å². The number of nitrogens with one attached hydrogen (secondary N) is 1. The molecular weight excluding hydrogens is 538 g/mol. The van der Waals surface area contributed by atoms with Gasteiger partial charge in [-0.05, 0) is 0 Å². The van der Waals surface area contributed by atoms with Crippen LogP contribution in [0.1, 0.15) is 0 Å². The first-order valence-corrected chi connectivity index (χ1v) is 13.1. The Balaban J connectivity index is -0.000000224. The van der Waals surface area contributed by atoms with Crippen LogP contribution in [0.15, 0.2) is 0 Å². The van der Waals surface area contributed by atoms with Gasteiger partial charge in [0.1, 0.15) is 6.16 Å². The molecule has 0 saturated heterocycles. The van der Waals surface area contributed by atoms with Crippen molar-refractivity contribution < 1.29 is 65.0 Å². The van der Waals surface area contributed by atoms with Crippen molar-refractivity contribution in [1.29, 1.82) is 0 Å². The topological polar surface area (TPSA) is 202 Å². The normalized spacial score (nSPS) is 10.4. The number of halogens is 2. The van der Waals surface area contributed by atoms with Gasteiger partial charge in [0.15, 0.2) is 0 Å². The molecule has 0 aromatic rings. The van der Waals surface area contributed by atoms with Crippen molar-refractivity contribution in [2.24, 2.45) is 0 Å². The van der Waals surface area contributed by atoms with Crippen LogP contribution in [0.25, 0.3) is 0 Å². The second-order valence-corrected chi connectivity index (χ2v) is 8.86. The van der Waals surface area contributed by atoms with E-state index in [1.165, 1.54) is 0 Å². The van der Waals surface area contributed by atoms with Crippen LogP contribution >= 0.6 is 34.2 Å². The van der Waals surface area contributed by atoms with Crippen LogP contribution in [0.5, 0.6) is 0 Å². The van der Waals surface area contributed by atoms with Gasteiger partial charge in [0, 0.05) is 0 Å². The van der Waals surface area contributed by atoms with Gasteiger partial charge >= 0.3 is 62.7 Å². The maximum absolute atomic E-state index is 9.76. The molecule has 0 spiro atoms. The van der Waals surface area contributed by atoms with Crippen molar-refractivity contribution in [2.75, 3.05) is 6.16 Å². The van der Waals surface area contributed by atoms with E-state index in [-0.39, 0.29) is 0 Å². The monoisotopic (exact) mass is 548 g/mol. The van der Waals surface area contributed by atoms with Crippen molar-refractivity contribution in [1.82, 2.24) is 5.09 Å². The number of carbonyl (C=O) groups is 2. The number of aliphatic carboxylic acids is 1. The molecule has 0 aliphatic carbocycles. The molecule has 0 saturated carbocycles. The summed E-state index contributed by atoms with van der Waals surface area (Å²) in [6.07, 6.45) is -2.83. The summed E-state index contributed by atoms with van der Waals surface area (Å²) in [6, 6.07) is 0. The Kier molecular flexibility index (Phi) is 15.5. The van der Waals surface area contributed by atoms with Gasteiger partial charge in [-0.15, -0.1) is 0 Å². The first kappa shape index (κ1) is 24.3. The first-order chi connectivity index (χ1) is 8.25. The Bertz CT molecular complexity index is 332. The summed E-state index contributed by atoms with van der Waals surface area (Å²) < 4.78 is 19.4. The van der Waals surface area contributed by atoms with E-state index in [0.717, 1.165) is 5.09 Å². The SMILES string of the molecule is O=C(O)CP(=O)(O)O.O=C(O)NP(=O)(O)O.[Cl][PtH2][Cl]. The Hall–Kier alpha value is 0.308. The number of hydrogen-bond acceptors (Lipinski definition) is 4. The Morgan fingerprint density at radius 2 is 1.37 bits per heavy atom. The van der Waals surface area contributed by atoms with E-state index < -0.39 is 50.0 Å². The summed E-state index contributed by atoms with van der Waals surface area (Å²) in [7, 11) is 0.913. The third-order valence-corrected chi connectivity index (χ3v) is 1.75. The summed E-state index contributed by atoms with van der Waals surface area (Å²) in [5.41, 5.74) is 0. The first-order valence-electron chi connectivity index (χ1n) is 3.43. The van der Waals surface area contributed by atoms with Crippen molar-refractivity contribution in [3.8, 4) is 0 Å². The minimum absolute atomic E-state index is 0.639. The average Bonchev–Trinajstić information content (AvgIpc) is 1.94. The van der Waals surface area contributed by atoms with E-state index in [9.17, 15) is 18.7 Å². The summed E-state index contributed by atoms with van der Waals surface area (Å²) in [5, 5.41) is 16.4. The van der Waals surface area contributed by atoms with Crippen LogP contribution in [-0.2, 0) is 30.4 Å². The number of rotatable bonds is 3. The molecule has 0 aromatic heterocycles. The summed E-state index contributed by atoms with van der Waals surface area (Å²) >= 11 is -0.639. The van der Waals surface area contributed by atoms with Crippen LogP contribution in [-0.4, -0.2) is 48.0 Å². The molecule has 0 rings (SSSR count). The van der Waals surface area contributed by atoms with E-state index in [2.05, 4.69) is 0 Å². The van der Waals surface area contributed by atoms with Gasteiger partial charge in [0.2, 0.25) is 0 Å². The molecule has 0 aliphatic heterocycles. The second kappa shape index (κ2) is 12.1. The zero-order valence-corrected chi connectivity index (χ0v) is 14.4. The van der Waals surface area contributed by atoms with E-state index in [4.69, 9.17) is 48.6 Å². The van der Waals surface area contributed by atoms with Crippen LogP contribution in [0.4, 0.5) is 4.79 Å². The van der Waals surface area contributed by atoms with Crippen LogP contribution in [0, 0.1) is 0 Å². The van der Waals surface area contributed by atoms with Gasteiger partial charge < -0.3 is 29.8 Å². The summed E-state index contributed by atoms with van der Waals surface area (Å²) in [6.45, 7) is 0.